The SMILES string of the molecule is O=C(Nc1cnc2c(c1)CCO2)c1c(F)cccc1Sc1ccc(Cl)cc1. The number of halogens is 2. The van der Waals surface area contributed by atoms with Gasteiger partial charge in [-0.05, 0) is 42.5 Å². The van der Waals surface area contributed by atoms with E-state index in [2.05, 4.69) is 10.3 Å². The molecule has 2 aromatic carbocycles. The zero-order chi connectivity index (χ0) is 18.8. The van der Waals surface area contributed by atoms with Crippen LogP contribution in [0.15, 0.2) is 64.5 Å². The zero-order valence-corrected chi connectivity index (χ0v) is 15.6. The van der Waals surface area contributed by atoms with Crippen LogP contribution < -0.4 is 10.1 Å². The Morgan fingerprint density at radius 2 is 2.04 bits per heavy atom. The maximum atomic E-state index is 14.5. The zero-order valence-electron chi connectivity index (χ0n) is 14.0. The fraction of sp³-hybridized carbons (Fsp3) is 0.100. The molecule has 4 nitrogen and oxygen atoms in total. The normalized spacial score (nSPS) is 12.4. The maximum absolute atomic E-state index is 14.5. The Kier molecular flexibility index (Phi) is 5.01. The molecule has 0 atom stereocenters. The predicted molar refractivity (Wildman–Crippen MR) is 103 cm³/mol. The summed E-state index contributed by atoms with van der Waals surface area (Å²) >= 11 is 7.20. The quantitative estimate of drug-likeness (QED) is 0.653. The monoisotopic (exact) mass is 400 g/mol. The van der Waals surface area contributed by atoms with Crippen molar-refractivity contribution in [3.63, 3.8) is 0 Å². The molecular formula is C20H14ClFN2O2S. The van der Waals surface area contributed by atoms with Gasteiger partial charge in [0.2, 0.25) is 5.88 Å². The van der Waals surface area contributed by atoms with Crippen molar-refractivity contribution in [1.82, 2.24) is 4.98 Å². The molecular weight excluding hydrogens is 387 g/mol. The van der Waals surface area contributed by atoms with Crippen LogP contribution in [-0.4, -0.2) is 17.5 Å². The number of anilines is 1. The smallest absolute Gasteiger partial charge is 0.259 e. The van der Waals surface area contributed by atoms with Crippen molar-refractivity contribution in [3.8, 4) is 5.88 Å². The highest BCUT2D eigenvalue weighted by Gasteiger charge is 2.20. The number of ether oxygens (including phenoxy) is 1. The predicted octanol–water partition coefficient (Wildman–Crippen LogP) is 5.21. The number of hydrogen-bond acceptors (Lipinski definition) is 4. The van der Waals surface area contributed by atoms with Gasteiger partial charge >= 0.3 is 0 Å². The lowest BCUT2D eigenvalue weighted by Crippen LogP contribution is -2.15. The molecule has 0 spiro atoms. The number of benzene rings is 2. The molecule has 2 heterocycles. The van der Waals surface area contributed by atoms with Gasteiger partial charge in [-0.15, -0.1) is 0 Å². The number of carbonyl (C=O) groups excluding carboxylic acids is 1. The topological polar surface area (TPSA) is 51.2 Å². The highest BCUT2D eigenvalue weighted by molar-refractivity contribution is 7.99. The van der Waals surface area contributed by atoms with E-state index in [0.29, 0.717) is 28.1 Å². The summed E-state index contributed by atoms with van der Waals surface area (Å²) in [6.45, 7) is 0.578. The minimum Gasteiger partial charge on any atom is -0.477 e. The molecule has 0 saturated carbocycles. The van der Waals surface area contributed by atoms with Crippen LogP contribution in [-0.2, 0) is 6.42 Å². The first-order valence-electron chi connectivity index (χ1n) is 8.25. The van der Waals surface area contributed by atoms with Crippen molar-refractivity contribution in [1.29, 1.82) is 0 Å². The van der Waals surface area contributed by atoms with Gasteiger partial charge in [0, 0.05) is 26.8 Å². The highest BCUT2D eigenvalue weighted by atomic mass is 35.5. The summed E-state index contributed by atoms with van der Waals surface area (Å²) in [5.74, 6) is -0.521. The number of nitrogens with one attached hydrogen (secondary N) is 1. The molecule has 1 aromatic heterocycles. The summed E-state index contributed by atoms with van der Waals surface area (Å²) in [7, 11) is 0. The van der Waals surface area contributed by atoms with Crippen molar-refractivity contribution in [2.24, 2.45) is 0 Å². The van der Waals surface area contributed by atoms with Crippen molar-refractivity contribution < 1.29 is 13.9 Å². The Hall–Kier alpha value is -2.57. The number of aromatic nitrogens is 1. The fourth-order valence-corrected chi connectivity index (χ4v) is 3.86. The molecule has 0 radical (unpaired) electrons. The molecule has 0 bridgehead atoms. The molecule has 136 valence electrons. The Labute approximate surface area is 164 Å². The van der Waals surface area contributed by atoms with Crippen molar-refractivity contribution in [2.45, 2.75) is 16.2 Å². The molecule has 1 N–H and O–H groups in total. The van der Waals surface area contributed by atoms with E-state index in [9.17, 15) is 9.18 Å². The van der Waals surface area contributed by atoms with Crippen molar-refractivity contribution in [3.05, 3.63) is 76.7 Å². The van der Waals surface area contributed by atoms with Gasteiger partial charge in [0.15, 0.2) is 0 Å². The lowest BCUT2D eigenvalue weighted by atomic mass is 10.2. The van der Waals surface area contributed by atoms with E-state index in [1.807, 2.05) is 12.1 Å². The van der Waals surface area contributed by atoms with Crippen molar-refractivity contribution in [2.75, 3.05) is 11.9 Å². The third-order valence-corrected chi connectivity index (χ3v) is 5.36. The largest absolute Gasteiger partial charge is 0.477 e. The molecule has 3 aromatic rings. The highest BCUT2D eigenvalue weighted by Crippen LogP contribution is 2.33. The summed E-state index contributed by atoms with van der Waals surface area (Å²) in [6.07, 6.45) is 2.25. The van der Waals surface area contributed by atoms with Crippen LogP contribution >= 0.6 is 23.4 Å². The number of nitrogens with zero attached hydrogens (tertiary/aromatic N) is 1. The first-order chi connectivity index (χ1) is 13.1. The number of pyridine rings is 1. The molecule has 1 amide bonds. The van der Waals surface area contributed by atoms with Gasteiger partial charge in [-0.1, -0.05) is 29.4 Å². The van der Waals surface area contributed by atoms with Gasteiger partial charge < -0.3 is 10.1 Å². The van der Waals surface area contributed by atoms with Gasteiger partial charge in [0.1, 0.15) is 5.82 Å². The van der Waals surface area contributed by atoms with Crippen LogP contribution in [0, 0.1) is 5.82 Å². The second-order valence-electron chi connectivity index (χ2n) is 5.91. The number of carbonyl (C=O) groups is 1. The van der Waals surface area contributed by atoms with Crippen LogP contribution in [0.5, 0.6) is 5.88 Å². The van der Waals surface area contributed by atoms with E-state index < -0.39 is 11.7 Å². The summed E-state index contributed by atoms with van der Waals surface area (Å²) in [4.78, 5) is 18.3. The standard InChI is InChI=1S/C20H14ClFN2O2S/c21-13-4-6-15(7-5-13)27-17-3-1-2-16(22)18(17)19(25)24-14-10-12-8-9-26-20(12)23-11-14/h1-7,10-11H,8-9H2,(H,24,25). The maximum Gasteiger partial charge on any atom is 0.259 e. The van der Waals surface area contributed by atoms with E-state index in [1.54, 1.807) is 30.3 Å². The van der Waals surface area contributed by atoms with E-state index in [-0.39, 0.29) is 5.56 Å². The third-order valence-electron chi connectivity index (χ3n) is 4.04. The second-order valence-corrected chi connectivity index (χ2v) is 7.46. The van der Waals surface area contributed by atoms with Crippen LogP contribution in [0.25, 0.3) is 0 Å². The van der Waals surface area contributed by atoms with Crippen LogP contribution in [0.3, 0.4) is 0 Å². The van der Waals surface area contributed by atoms with Gasteiger partial charge in [0.25, 0.3) is 5.91 Å². The number of hydrogen-bond donors (Lipinski definition) is 1. The number of fused-ring (bicyclic) bond motifs is 1. The molecule has 7 heteroatoms. The van der Waals surface area contributed by atoms with E-state index in [0.717, 1.165) is 16.9 Å². The average Bonchev–Trinajstić information content (AvgIpc) is 3.11. The minimum absolute atomic E-state index is 0.00537. The fourth-order valence-electron chi connectivity index (χ4n) is 2.77. The molecule has 1 aliphatic rings. The molecule has 1 aliphatic heterocycles. The summed E-state index contributed by atoms with van der Waals surface area (Å²) in [5, 5.41) is 3.35. The van der Waals surface area contributed by atoms with Gasteiger partial charge in [-0.3, -0.25) is 4.79 Å². The molecule has 27 heavy (non-hydrogen) atoms. The number of rotatable bonds is 4. The van der Waals surface area contributed by atoms with E-state index in [1.165, 1.54) is 24.0 Å². The van der Waals surface area contributed by atoms with E-state index in [4.69, 9.17) is 16.3 Å². The van der Waals surface area contributed by atoms with E-state index >= 15 is 0 Å². The van der Waals surface area contributed by atoms with Gasteiger partial charge in [0.05, 0.1) is 24.1 Å². The molecule has 0 fully saturated rings. The van der Waals surface area contributed by atoms with Gasteiger partial charge in [-0.2, -0.15) is 0 Å². The van der Waals surface area contributed by atoms with Crippen LogP contribution in [0.4, 0.5) is 10.1 Å². The lowest BCUT2D eigenvalue weighted by molar-refractivity contribution is 0.102. The summed E-state index contributed by atoms with van der Waals surface area (Å²) in [5.41, 5.74) is 1.43. The lowest BCUT2D eigenvalue weighted by Gasteiger charge is -2.11. The van der Waals surface area contributed by atoms with Crippen molar-refractivity contribution >= 4 is 35.0 Å². The Balaban J connectivity index is 1.60. The van der Waals surface area contributed by atoms with Crippen LogP contribution in [0.2, 0.25) is 5.02 Å². The third kappa shape index (κ3) is 3.91. The first-order valence-corrected chi connectivity index (χ1v) is 9.44. The van der Waals surface area contributed by atoms with Crippen LogP contribution in [0.1, 0.15) is 15.9 Å². The second kappa shape index (κ2) is 7.58. The van der Waals surface area contributed by atoms with Gasteiger partial charge in [-0.25, -0.2) is 9.37 Å². The molecule has 4 rings (SSSR count). The molecule has 0 saturated heterocycles. The average molecular weight is 401 g/mol. The molecule has 0 unspecified atom stereocenters. The molecule has 0 aliphatic carbocycles. The Morgan fingerprint density at radius 1 is 1.22 bits per heavy atom. The Bertz CT molecular complexity index is 1010. The Morgan fingerprint density at radius 3 is 2.85 bits per heavy atom. The minimum atomic E-state index is -0.580. The summed E-state index contributed by atoms with van der Waals surface area (Å²) in [6, 6.07) is 13.5. The first kappa shape index (κ1) is 17.8. The number of amides is 1. The summed E-state index contributed by atoms with van der Waals surface area (Å²) < 4.78 is 19.8.